The van der Waals surface area contributed by atoms with E-state index in [0.29, 0.717) is 23.4 Å². The number of halogens is 1. The van der Waals surface area contributed by atoms with Gasteiger partial charge >= 0.3 is 0 Å². The first-order valence-corrected chi connectivity index (χ1v) is 7.35. The molecule has 1 aromatic carbocycles. The molecule has 0 aliphatic heterocycles. The Balaban J connectivity index is 1.70. The van der Waals surface area contributed by atoms with E-state index in [1.165, 1.54) is 0 Å². The molecule has 1 atom stereocenters. The lowest BCUT2D eigenvalue weighted by molar-refractivity contribution is 0.189. The van der Waals surface area contributed by atoms with E-state index in [4.69, 9.17) is 9.26 Å². The monoisotopic (exact) mass is 338 g/mol. The summed E-state index contributed by atoms with van der Waals surface area (Å²) in [7, 11) is 0. The van der Waals surface area contributed by atoms with E-state index in [1.807, 2.05) is 18.2 Å². The van der Waals surface area contributed by atoms with Crippen LogP contribution in [-0.4, -0.2) is 15.2 Å². The van der Waals surface area contributed by atoms with Crippen LogP contribution >= 0.6 is 15.9 Å². The second kappa shape index (κ2) is 5.54. The van der Waals surface area contributed by atoms with Crippen LogP contribution in [-0.2, 0) is 6.61 Å². The van der Waals surface area contributed by atoms with Crippen molar-refractivity contribution in [2.45, 2.75) is 38.4 Å². The number of benzene rings is 1. The van der Waals surface area contributed by atoms with E-state index >= 15 is 0 Å². The summed E-state index contributed by atoms with van der Waals surface area (Å²) in [5.74, 6) is 2.31. The lowest BCUT2D eigenvalue weighted by Gasteiger charge is -2.12. The zero-order valence-corrected chi connectivity index (χ0v) is 12.6. The van der Waals surface area contributed by atoms with Gasteiger partial charge in [-0.15, -0.1) is 0 Å². The zero-order chi connectivity index (χ0) is 14.1. The average molecular weight is 339 g/mol. The molecular weight excluding hydrogens is 324 g/mol. The van der Waals surface area contributed by atoms with Gasteiger partial charge in [0.05, 0.1) is 6.10 Å². The van der Waals surface area contributed by atoms with E-state index in [-0.39, 0.29) is 6.61 Å². The number of hydrogen-bond donors (Lipinski definition) is 1. The second-order valence-corrected chi connectivity index (χ2v) is 5.89. The molecule has 3 rings (SSSR count). The largest absolute Gasteiger partial charge is 0.485 e. The number of aliphatic hydroxyl groups excluding tert-OH is 1. The van der Waals surface area contributed by atoms with Crippen LogP contribution in [0, 0.1) is 0 Å². The molecule has 1 aliphatic rings. The third-order valence-electron chi connectivity index (χ3n) is 3.19. The van der Waals surface area contributed by atoms with Crippen LogP contribution in [0.3, 0.4) is 0 Å². The lowest BCUT2D eigenvalue weighted by atomic mass is 10.1. The molecule has 106 valence electrons. The minimum Gasteiger partial charge on any atom is -0.485 e. The summed E-state index contributed by atoms with van der Waals surface area (Å²) in [4.78, 5) is 4.30. The molecule has 2 aromatic rings. The van der Waals surface area contributed by atoms with Crippen molar-refractivity contribution in [1.82, 2.24) is 10.1 Å². The van der Waals surface area contributed by atoms with Gasteiger partial charge in [0.15, 0.2) is 6.61 Å². The normalized spacial score (nSPS) is 16.1. The van der Waals surface area contributed by atoms with Crippen LogP contribution in [0.15, 0.2) is 27.2 Å². The van der Waals surface area contributed by atoms with Crippen LogP contribution in [0.4, 0.5) is 0 Å². The van der Waals surface area contributed by atoms with Crippen molar-refractivity contribution < 1.29 is 14.4 Å². The van der Waals surface area contributed by atoms with Gasteiger partial charge in [0, 0.05) is 16.0 Å². The predicted molar refractivity (Wildman–Crippen MR) is 75.4 cm³/mol. The maximum atomic E-state index is 9.76. The number of ether oxygens (including phenoxy) is 1. The molecule has 0 bridgehead atoms. The molecule has 20 heavy (non-hydrogen) atoms. The van der Waals surface area contributed by atoms with E-state index in [1.54, 1.807) is 6.92 Å². The summed E-state index contributed by atoms with van der Waals surface area (Å²) >= 11 is 3.38. The number of aliphatic hydroxyl groups is 1. The summed E-state index contributed by atoms with van der Waals surface area (Å²) in [6.07, 6.45) is 1.65. The topological polar surface area (TPSA) is 68.4 Å². The Bertz CT molecular complexity index is 608. The molecular formula is C14H15BrN2O3. The standard InChI is InChI=1S/C14H15BrN2O3/c1-8(18)11-6-10(15)4-5-12(11)19-7-13-16-14(20-17-13)9-2-3-9/h4-6,8-9,18H,2-3,7H2,1H3/t8-/m1/s1. The van der Waals surface area contributed by atoms with Gasteiger partial charge in [0.2, 0.25) is 11.7 Å². The summed E-state index contributed by atoms with van der Waals surface area (Å²) in [5, 5.41) is 13.7. The van der Waals surface area contributed by atoms with Gasteiger partial charge < -0.3 is 14.4 Å². The first-order valence-electron chi connectivity index (χ1n) is 6.56. The summed E-state index contributed by atoms with van der Waals surface area (Å²) in [6, 6.07) is 5.52. The van der Waals surface area contributed by atoms with Crippen molar-refractivity contribution in [2.24, 2.45) is 0 Å². The molecule has 0 spiro atoms. The van der Waals surface area contributed by atoms with E-state index in [2.05, 4.69) is 26.1 Å². The number of nitrogens with zero attached hydrogens (tertiary/aromatic N) is 2. The van der Waals surface area contributed by atoms with Gasteiger partial charge in [-0.2, -0.15) is 4.98 Å². The first-order chi connectivity index (χ1) is 9.63. The molecule has 1 fully saturated rings. The summed E-state index contributed by atoms with van der Waals surface area (Å²) in [6.45, 7) is 1.94. The van der Waals surface area contributed by atoms with E-state index < -0.39 is 6.10 Å². The van der Waals surface area contributed by atoms with Crippen molar-refractivity contribution in [1.29, 1.82) is 0 Å². The van der Waals surface area contributed by atoms with Crippen molar-refractivity contribution in [3.05, 3.63) is 40.0 Å². The Morgan fingerprint density at radius 3 is 3.00 bits per heavy atom. The zero-order valence-electron chi connectivity index (χ0n) is 11.0. The maximum Gasteiger partial charge on any atom is 0.229 e. The fourth-order valence-corrected chi connectivity index (χ4v) is 2.32. The SMILES string of the molecule is C[C@@H](O)c1cc(Br)ccc1OCc1noc(C2CC2)n1. The van der Waals surface area contributed by atoms with Crippen molar-refractivity contribution >= 4 is 15.9 Å². The molecule has 0 unspecified atom stereocenters. The fourth-order valence-electron chi connectivity index (χ4n) is 1.94. The van der Waals surface area contributed by atoms with Gasteiger partial charge in [0.1, 0.15) is 5.75 Å². The Kier molecular flexibility index (Phi) is 3.76. The van der Waals surface area contributed by atoms with Crippen LogP contribution in [0.25, 0.3) is 0 Å². The van der Waals surface area contributed by atoms with Gasteiger partial charge in [-0.05, 0) is 38.0 Å². The van der Waals surface area contributed by atoms with Gasteiger partial charge in [-0.3, -0.25) is 0 Å². The van der Waals surface area contributed by atoms with Crippen LogP contribution in [0.2, 0.25) is 0 Å². The molecule has 1 N–H and O–H groups in total. The van der Waals surface area contributed by atoms with Gasteiger partial charge in [-0.25, -0.2) is 0 Å². The lowest BCUT2D eigenvalue weighted by Crippen LogP contribution is -2.02. The predicted octanol–water partition coefficient (Wildman–Crippen LogP) is 3.34. The Morgan fingerprint density at radius 2 is 2.30 bits per heavy atom. The smallest absolute Gasteiger partial charge is 0.229 e. The average Bonchev–Trinajstić information content (AvgIpc) is 3.17. The van der Waals surface area contributed by atoms with E-state index in [0.717, 1.165) is 22.9 Å². The first kappa shape index (κ1) is 13.6. The Morgan fingerprint density at radius 1 is 1.50 bits per heavy atom. The Hall–Kier alpha value is -1.40. The van der Waals surface area contributed by atoms with Crippen molar-refractivity contribution in [3.8, 4) is 5.75 Å². The number of aromatic nitrogens is 2. The maximum absolute atomic E-state index is 9.76. The summed E-state index contributed by atoms with van der Waals surface area (Å²) < 4.78 is 11.8. The molecule has 1 aliphatic carbocycles. The molecule has 0 saturated heterocycles. The molecule has 6 heteroatoms. The van der Waals surface area contributed by atoms with Gasteiger partial charge in [0.25, 0.3) is 0 Å². The number of hydrogen-bond acceptors (Lipinski definition) is 5. The summed E-state index contributed by atoms with van der Waals surface area (Å²) in [5.41, 5.74) is 0.727. The molecule has 0 amide bonds. The molecule has 1 heterocycles. The highest BCUT2D eigenvalue weighted by molar-refractivity contribution is 9.10. The number of rotatable bonds is 5. The highest BCUT2D eigenvalue weighted by Crippen LogP contribution is 2.38. The minimum atomic E-state index is -0.602. The van der Waals surface area contributed by atoms with E-state index in [9.17, 15) is 5.11 Å². The minimum absolute atomic E-state index is 0.234. The van der Waals surface area contributed by atoms with Crippen molar-refractivity contribution in [3.63, 3.8) is 0 Å². The molecule has 0 radical (unpaired) electrons. The quantitative estimate of drug-likeness (QED) is 0.905. The van der Waals surface area contributed by atoms with Crippen LogP contribution < -0.4 is 4.74 Å². The molecule has 1 aromatic heterocycles. The van der Waals surface area contributed by atoms with Crippen molar-refractivity contribution in [2.75, 3.05) is 0 Å². The van der Waals surface area contributed by atoms with Crippen LogP contribution in [0.1, 0.15) is 49.1 Å². The second-order valence-electron chi connectivity index (χ2n) is 4.97. The third kappa shape index (κ3) is 3.02. The highest BCUT2D eigenvalue weighted by atomic mass is 79.9. The van der Waals surface area contributed by atoms with Gasteiger partial charge in [-0.1, -0.05) is 21.1 Å². The molecule has 1 saturated carbocycles. The van der Waals surface area contributed by atoms with Crippen LogP contribution in [0.5, 0.6) is 5.75 Å². The highest BCUT2D eigenvalue weighted by Gasteiger charge is 2.29. The Labute approximate surface area is 125 Å². The molecule has 5 nitrogen and oxygen atoms in total. The third-order valence-corrected chi connectivity index (χ3v) is 3.68. The fraction of sp³-hybridized carbons (Fsp3) is 0.429.